The number of nitrogens with one attached hydrogen (secondary N) is 4. The maximum atomic E-state index is 13.5. The van der Waals surface area contributed by atoms with Crippen molar-refractivity contribution in [1.82, 2.24) is 48.8 Å². The monoisotopic (exact) mass is 1020 g/mol. The number of fused-ring (bicyclic) bond motifs is 2. The Bertz CT molecular complexity index is 3090. The smallest absolute Gasteiger partial charge is 0.247 e. The molecule has 0 saturated carbocycles. The Balaban J connectivity index is 0.000000216. The molecule has 0 bridgehead atoms. The Hall–Kier alpha value is -8.66. The van der Waals surface area contributed by atoms with Crippen LogP contribution in [0.3, 0.4) is 0 Å². The van der Waals surface area contributed by atoms with E-state index in [0.717, 1.165) is 48.6 Å². The van der Waals surface area contributed by atoms with Gasteiger partial charge in [0, 0.05) is 77.2 Å². The van der Waals surface area contributed by atoms with Crippen molar-refractivity contribution in [1.29, 1.82) is 0 Å². The summed E-state index contributed by atoms with van der Waals surface area (Å²) in [5.41, 5.74) is 6.78. The molecule has 4 N–H and O–H groups in total. The highest BCUT2D eigenvalue weighted by Crippen LogP contribution is 2.39. The first-order valence-electron chi connectivity index (χ1n) is 23.1. The van der Waals surface area contributed by atoms with Crippen LogP contribution in [0.5, 0.6) is 11.5 Å². The topological polar surface area (TPSA) is 201 Å². The molecule has 0 saturated heterocycles. The number of aromatic nitrogens is 8. The summed E-state index contributed by atoms with van der Waals surface area (Å²) in [6.45, 7) is 10.3. The first-order valence-corrected chi connectivity index (χ1v) is 23.5. The molecule has 0 aliphatic rings. The molecule has 0 fully saturated rings. The van der Waals surface area contributed by atoms with Gasteiger partial charge in [-0.2, -0.15) is 14.4 Å². The van der Waals surface area contributed by atoms with Crippen LogP contribution in [0.15, 0.2) is 123 Å². The molecule has 0 radical (unpaired) electrons. The molecule has 0 spiro atoms. The highest BCUT2D eigenvalue weighted by atomic mass is 35.5. The van der Waals surface area contributed by atoms with Crippen molar-refractivity contribution < 1.29 is 23.5 Å². The number of methoxy groups -OCH3 is 2. The zero-order valence-corrected chi connectivity index (χ0v) is 43.1. The number of carbonyl (C=O) groups excluding carboxylic acids is 2. The lowest BCUT2D eigenvalue weighted by atomic mass is 10.2. The summed E-state index contributed by atoms with van der Waals surface area (Å²) in [5.74, 6) is 1.81. The summed E-state index contributed by atoms with van der Waals surface area (Å²) < 4.78 is 28.5. The first-order chi connectivity index (χ1) is 35.6. The number of ether oxygens (including phenoxy) is 2. The highest BCUT2D eigenvalue weighted by Gasteiger charge is 2.19. The number of carbonyl (C=O) groups is 2. The van der Waals surface area contributed by atoms with Gasteiger partial charge in [0.2, 0.25) is 29.7 Å². The minimum absolute atomic E-state index is 0.308. The van der Waals surface area contributed by atoms with E-state index in [1.165, 1.54) is 18.2 Å². The Morgan fingerprint density at radius 1 is 0.608 bits per heavy atom. The van der Waals surface area contributed by atoms with Gasteiger partial charge < -0.3 is 50.3 Å². The number of nitrogens with zero attached hydrogens (tertiary/aromatic N) is 12. The second kappa shape index (κ2) is 24.2. The van der Waals surface area contributed by atoms with Crippen molar-refractivity contribution >= 4 is 91.5 Å². The molecule has 6 heterocycles. The second-order valence-electron chi connectivity index (χ2n) is 17.2. The van der Waals surface area contributed by atoms with Crippen LogP contribution in [0.25, 0.3) is 33.7 Å². The van der Waals surface area contributed by atoms with E-state index >= 15 is 0 Å². The Morgan fingerprint density at radius 2 is 1.05 bits per heavy atom. The molecule has 2 amide bonds. The number of benzene rings is 2. The van der Waals surface area contributed by atoms with Gasteiger partial charge in [-0.1, -0.05) is 24.8 Å². The highest BCUT2D eigenvalue weighted by molar-refractivity contribution is 6.29. The predicted molar refractivity (Wildman–Crippen MR) is 292 cm³/mol. The van der Waals surface area contributed by atoms with Gasteiger partial charge >= 0.3 is 0 Å². The largest absolute Gasteiger partial charge is 0.494 e. The lowest BCUT2D eigenvalue weighted by Crippen LogP contribution is -2.29. The van der Waals surface area contributed by atoms with Gasteiger partial charge in [0.05, 0.1) is 70.4 Å². The molecule has 8 aromatic rings. The van der Waals surface area contributed by atoms with Crippen molar-refractivity contribution in [3.05, 3.63) is 134 Å². The van der Waals surface area contributed by atoms with Gasteiger partial charge in [0.15, 0.2) is 0 Å². The van der Waals surface area contributed by atoms with E-state index in [4.69, 9.17) is 21.1 Å². The second-order valence-corrected chi connectivity index (χ2v) is 17.5. The van der Waals surface area contributed by atoms with Crippen LogP contribution < -0.4 is 40.5 Å². The molecule has 74 heavy (non-hydrogen) atoms. The normalized spacial score (nSPS) is 11.0. The van der Waals surface area contributed by atoms with Crippen LogP contribution in [-0.2, 0) is 9.59 Å². The third-order valence-electron chi connectivity index (χ3n) is 11.4. The third kappa shape index (κ3) is 13.1. The zero-order chi connectivity index (χ0) is 53.1. The number of hydrogen-bond donors (Lipinski definition) is 4. The SMILES string of the molecule is C=CC(=O)Nc1cc(Nc2nccc(-n3ccc4nc(Cl)ccc43)n2)c(OC)cc1N(C)CCN(C)C.C=CC(=O)Nc1cc(Nc2nccc(-n3ccc4nc(F)ccc43)n2)c(OC)cc1N(C)CCN(C)C. The minimum atomic E-state index is -0.544. The number of rotatable bonds is 20. The average Bonchev–Trinajstić information content (AvgIpc) is 4.01. The van der Waals surface area contributed by atoms with Gasteiger partial charge in [-0.15, -0.1) is 0 Å². The third-order valence-corrected chi connectivity index (χ3v) is 11.6. The zero-order valence-electron chi connectivity index (χ0n) is 42.4. The molecule has 8 rings (SSSR count). The average molecular weight is 1030 g/mol. The van der Waals surface area contributed by atoms with Crippen LogP contribution in [0.1, 0.15) is 0 Å². The van der Waals surface area contributed by atoms with Gasteiger partial charge in [0.1, 0.15) is 28.3 Å². The van der Waals surface area contributed by atoms with Crippen LogP contribution in [0.2, 0.25) is 5.15 Å². The van der Waals surface area contributed by atoms with E-state index in [0.29, 0.717) is 74.0 Å². The number of likely N-dealkylation sites (N-methyl/N-ethyl adjacent to an activating group) is 4. The quantitative estimate of drug-likeness (QED) is 0.0420. The Labute approximate surface area is 433 Å². The molecule has 384 valence electrons. The van der Waals surface area contributed by atoms with Gasteiger partial charge in [-0.25, -0.2) is 19.9 Å². The lowest BCUT2D eigenvalue weighted by molar-refractivity contribution is -0.112. The molecule has 0 aliphatic carbocycles. The standard InChI is InChI=1S/C26H29ClN8O2.C26H29FN8O2/c2*1-6-25(36)30-18-15-19(22(37-5)16-21(18)34(4)14-13-33(2)3)31-26-28-11-9-24(32-26)35-12-10-17-20(35)7-8-23(27)29-17/h2*6-12,15-16H,1,13-14H2,2-5H3,(H,30,36)(H,28,31,32). The predicted octanol–water partition coefficient (Wildman–Crippen LogP) is 8.17. The van der Waals surface area contributed by atoms with Crippen molar-refractivity contribution in [2.45, 2.75) is 0 Å². The number of pyridine rings is 2. The summed E-state index contributed by atoms with van der Waals surface area (Å²) in [6, 6.07) is 21.0. The minimum Gasteiger partial charge on any atom is -0.494 e. The van der Waals surface area contributed by atoms with Crippen molar-refractivity contribution in [2.24, 2.45) is 0 Å². The van der Waals surface area contributed by atoms with Crippen molar-refractivity contribution in [3.8, 4) is 23.1 Å². The van der Waals surface area contributed by atoms with Gasteiger partial charge in [0.25, 0.3) is 0 Å². The summed E-state index contributed by atoms with van der Waals surface area (Å²) in [4.78, 5) is 58.9. The molecule has 22 heteroatoms. The fourth-order valence-corrected chi connectivity index (χ4v) is 7.68. The van der Waals surface area contributed by atoms with E-state index in [2.05, 4.69) is 79.0 Å². The van der Waals surface area contributed by atoms with Gasteiger partial charge in [-0.3, -0.25) is 18.7 Å². The molecule has 2 aromatic carbocycles. The Morgan fingerprint density at radius 3 is 1.49 bits per heavy atom. The van der Waals surface area contributed by atoms with Crippen molar-refractivity contribution in [2.75, 3.05) is 114 Å². The van der Waals surface area contributed by atoms with Crippen LogP contribution in [0.4, 0.5) is 50.4 Å². The molecule has 6 aromatic heterocycles. The molecule has 20 nitrogen and oxygen atoms in total. The first kappa shape index (κ1) is 53.1. The molecule has 0 aliphatic heterocycles. The maximum absolute atomic E-state index is 13.5. The summed E-state index contributed by atoms with van der Waals surface area (Å²) in [6.07, 6.45) is 9.37. The van der Waals surface area contributed by atoms with Crippen LogP contribution in [0, 0.1) is 5.95 Å². The van der Waals surface area contributed by atoms with Crippen molar-refractivity contribution in [3.63, 3.8) is 0 Å². The molecule has 0 unspecified atom stereocenters. The maximum Gasteiger partial charge on any atom is 0.247 e. The number of amides is 2. The summed E-state index contributed by atoms with van der Waals surface area (Å²) in [5, 5.41) is 12.6. The number of halogens is 2. The Kier molecular flexibility index (Phi) is 17.4. The number of hydrogen-bond acceptors (Lipinski definition) is 16. The molecular weight excluding hydrogens is 967 g/mol. The van der Waals surface area contributed by atoms with Crippen LogP contribution >= 0.6 is 11.6 Å². The summed E-state index contributed by atoms with van der Waals surface area (Å²) >= 11 is 6.03. The number of anilines is 8. The van der Waals surface area contributed by atoms with Gasteiger partial charge in [-0.05, 0) is 101 Å². The summed E-state index contributed by atoms with van der Waals surface area (Å²) in [7, 11) is 15.1. The van der Waals surface area contributed by atoms with E-state index in [9.17, 15) is 14.0 Å². The van der Waals surface area contributed by atoms with E-state index < -0.39 is 5.95 Å². The molecule has 0 atom stereocenters. The lowest BCUT2D eigenvalue weighted by Gasteiger charge is -2.26. The fraction of sp³-hybridized carbons (Fsp3) is 0.231. The molecular formula is C52H58ClFN16O4. The van der Waals surface area contributed by atoms with E-state index in [-0.39, 0.29) is 11.8 Å². The van der Waals surface area contributed by atoms with Crippen LogP contribution in [-0.4, -0.2) is 143 Å². The van der Waals surface area contributed by atoms with E-state index in [1.807, 2.05) is 82.2 Å². The fourth-order valence-electron chi connectivity index (χ4n) is 7.53. The van der Waals surface area contributed by atoms with E-state index in [1.54, 1.807) is 79.8 Å².